The number of amides is 1. The molecular weight excluding hydrogens is 256 g/mol. The second kappa shape index (κ2) is 6.41. The molecule has 0 atom stereocenters. The maximum atomic E-state index is 11.6. The largest absolute Gasteiger partial charge is 0.478 e. The van der Waals surface area contributed by atoms with Crippen molar-refractivity contribution >= 4 is 17.6 Å². The lowest BCUT2D eigenvalue weighted by molar-refractivity contribution is -0.122. The molecule has 1 amide bonds. The molecule has 0 spiro atoms. The van der Waals surface area contributed by atoms with Crippen LogP contribution in [0.25, 0.3) is 0 Å². The van der Waals surface area contributed by atoms with E-state index < -0.39 is 5.97 Å². The maximum absolute atomic E-state index is 11.6. The highest BCUT2D eigenvalue weighted by atomic mass is 16.4. The summed E-state index contributed by atoms with van der Waals surface area (Å²) in [5, 5.41) is 14.9. The summed E-state index contributed by atoms with van der Waals surface area (Å²) in [7, 11) is 0. The first-order valence-corrected chi connectivity index (χ1v) is 6.58. The summed E-state index contributed by atoms with van der Waals surface area (Å²) in [5.74, 6) is -0.950. The zero-order valence-electron chi connectivity index (χ0n) is 12.4. The van der Waals surface area contributed by atoms with Crippen LogP contribution in [0.5, 0.6) is 0 Å². The first kappa shape index (κ1) is 16.0. The molecule has 3 N–H and O–H groups in total. The summed E-state index contributed by atoms with van der Waals surface area (Å²) in [5.41, 5.74) is 1.73. The Labute approximate surface area is 119 Å². The van der Waals surface area contributed by atoms with Gasteiger partial charge in [0.05, 0.1) is 5.56 Å². The van der Waals surface area contributed by atoms with Gasteiger partial charge in [-0.25, -0.2) is 4.79 Å². The Morgan fingerprint density at radius 3 is 2.40 bits per heavy atom. The molecule has 0 bridgehead atoms. The van der Waals surface area contributed by atoms with Gasteiger partial charge < -0.3 is 15.7 Å². The zero-order chi connectivity index (χ0) is 15.3. The first-order valence-electron chi connectivity index (χ1n) is 6.58. The van der Waals surface area contributed by atoms with E-state index in [0.29, 0.717) is 13.0 Å². The van der Waals surface area contributed by atoms with Crippen molar-refractivity contribution in [3.8, 4) is 0 Å². The van der Waals surface area contributed by atoms with E-state index in [1.807, 2.05) is 27.7 Å². The molecule has 0 unspecified atom stereocenters. The number of benzene rings is 1. The molecule has 1 aromatic carbocycles. The highest BCUT2D eigenvalue weighted by Crippen LogP contribution is 2.16. The predicted molar refractivity (Wildman–Crippen MR) is 79.1 cm³/mol. The minimum Gasteiger partial charge on any atom is -0.478 e. The van der Waals surface area contributed by atoms with Gasteiger partial charge in [-0.1, -0.05) is 0 Å². The van der Waals surface area contributed by atoms with Crippen molar-refractivity contribution in [1.82, 2.24) is 5.32 Å². The van der Waals surface area contributed by atoms with Crippen LogP contribution in [-0.2, 0) is 4.79 Å². The summed E-state index contributed by atoms with van der Waals surface area (Å²) in [4.78, 5) is 22.5. The molecule has 0 saturated carbocycles. The van der Waals surface area contributed by atoms with Gasteiger partial charge in [0, 0.05) is 24.2 Å². The number of hydrogen-bond acceptors (Lipinski definition) is 3. The lowest BCUT2D eigenvalue weighted by atomic mass is 10.1. The van der Waals surface area contributed by atoms with Gasteiger partial charge in [0.15, 0.2) is 0 Å². The molecule has 5 heteroatoms. The van der Waals surface area contributed by atoms with E-state index in [1.54, 1.807) is 18.2 Å². The van der Waals surface area contributed by atoms with Gasteiger partial charge in [0.1, 0.15) is 0 Å². The Morgan fingerprint density at radius 2 is 1.90 bits per heavy atom. The summed E-state index contributed by atoms with van der Waals surface area (Å²) in [6.45, 7) is 8.16. The molecule has 0 fully saturated rings. The quantitative estimate of drug-likeness (QED) is 0.773. The van der Waals surface area contributed by atoms with E-state index in [-0.39, 0.29) is 17.0 Å². The van der Waals surface area contributed by atoms with E-state index in [9.17, 15) is 9.59 Å². The Hall–Kier alpha value is -2.04. The molecule has 110 valence electrons. The number of anilines is 1. The van der Waals surface area contributed by atoms with Gasteiger partial charge in [-0.3, -0.25) is 4.79 Å². The fourth-order valence-corrected chi connectivity index (χ4v) is 1.79. The third-order valence-electron chi connectivity index (χ3n) is 2.66. The number of nitrogens with one attached hydrogen (secondary N) is 2. The number of carbonyl (C=O) groups is 2. The van der Waals surface area contributed by atoms with Crippen molar-refractivity contribution in [2.24, 2.45) is 0 Å². The standard InChI is InChI=1S/C15H22N2O3/c1-10-9-11(14(19)20)5-6-12(10)16-8-7-13(18)17-15(2,3)4/h5-6,9,16H,7-8H2,1-4H3,(H,17,18)(H,19,20). The van der Waals surface area contributed by atoms with Crippen LogP contribution in [0, 0.1) is 6.92 Å². The van der Waals surface area contributed by atoms with Gasteiger partial charge in [-0.05, 0) is 51.5 Å². The number of carboxylic acids is 1. The molecule has 0 aliphatic heterocycles. The maximum Gasteiger partial charge on any atom is 0.335 e. The monoisotopic (exact) mass is 278 g/mol. The Balaban J connectivity index is 2.51. The average molecular weight is 278 g/mol. The summed E-state index contributed by atoms with van der Waals surface area (Å²) in [6, 6.07) is 4.88. The molecule has 0 aliphatic rings. The van der Waals surface area contributed by atoms with Crippen molar-refractivity contribution in [2.75, 3.05) is 11.9 Å². The van der Waals surface area contributed by atoms with E-state index in [2.05, 4.69) is 10.6 Å². The molecule has 0 saturated heterocycles. The van der Waals surface area contributed by atoms with Gasteiger partial charge >= 0.3 is 5.97 Å². The molecule has 1 aromatic rings. The van der Waals surface area contributed by atoms with Crippen molar-refractivity contribution in [2.45, 2.75) is 39.7 Å². The third kappa shape index (κ3) is 5.30. The highest BCUT2D eigenvalue weighted by molar-refractivity contribution is 5.88. The van der Waals surface area contributed by atoms with Crippen LogP contribution in [0.15, 0.2) is 18.2 Å². The first-order chi connectivity index (χ1) is 9.19. The van der Waals surface area contributed by atoms with Crippen molar-refractivity contribution < 1.29 is 14.7 Å². The molecule has 0 aromatic heterocycles. The molecule has 5 nitrogen and oxygen atoms in total. The van der Waals surface area contributed by atoms with Crippen molar-refractivity contribution in [3.05, 3.63) is 29.3 Å². The van der Waals surface area contributed by atoms with E-state index in [1.165, 1.54) is 0 Å². The second-order valence-corrected chi connectivity index (χ2v) is 5.81. The molecule has 20 heavy (non-hydrogen) atoms. The summed E-state index contributed by atoms with van der Waals surface area (Å²) in [6.07, 6.45) is 0.372. The molecular formula is C15H22N2O3. The Bertz CT molecular complexity index is 504. The normalized spacial score (nSPS) is 11.0. The fraction of sp³-hybridized carbons (Fsp3) is 0.467. The van der Waals surface area contributed by atoms with Crippen LogP contribution in [0.1, 0.15) is 43.1 Å². The Kier molecular flexibility index (Phi) is 5.13. The van der Waals surface area contributed by atoms with E-state index in [0.717, 1.165) is 11.3 Å². The number of hydrogen-bond donors (Lipinski definition) is 3. The van der Waals surface area contributed by atoms with Gasteiger partial charge in [0.2, 0.25) is 5.91 Å². The lowest BCUT2D eigenvalue weighted by Gasteiger charge is -2.20. The SMILES string of the molecule is Cc1cc(C(=O)O)ccc1NCCC(=O)NC(C)(C)C. The van der Waals surface area contributed by atoms with Crippen LogP contribution in [-0.4, -0.2) is 29.1 Å². The van der Waals surface area contributed by atoms with E-state index >= 15 is 0 Å². The molecule has 0 heterocycles. The molecule has 0 radical (unpaired) electrons. The average Bonchev–Trinajstić information content (AvgIpc) is 2.28. The van der Waals surface area contributed by atoms with E-state index in [4.69, 9.17) is 5.11 Å². The van der Waals surface area contributed by atoms with Gasteiger partial charge in [-0.15, -0.1) is 0 Å². The number of rotatable bonds is 5. The molecule has 1 rings (SSSR count). The van der Waals surface area contributed by atoms with Gasteiger partial charge in [-0.2, -0.15) is 0 Å². The summed E-state index contributed by atoms with van der Waals surface area (Å²) < 4.78 is 0. The Morgan fingerprint density at radius 1 is 1.25 bits per heavy atom. The summed E-state index contributed by atoms with van der Waals surface area (Å²) >= 11 is 0. The van der Waals surface area contributed by atoms with Crippen molar-refractivity contribution in [1.29, 1.82) is 0 Å². The number of carbonyl (C=O) groups excluding carboxylic acids is 1. The molecule has 0 aliphatic carbocycles. The topological polar surface area (TPSA) is 78.4 Å². The second-order valence-electron chi connectivity index (χ2n) is 5.81. The van der Waals surface area contributed by atoms with Crippen LogP contribution >= 0.6 is 0 Å². The van der Waals surface area contributed by atoms with Crippen LogP contribution < -0.4 is 10.6 Å². The number of aromatic carboxylic acids is 1. The van der Waals surface area contributed by atoms with Gasteiger partial charge in [0.25, 0.3) is 0 Å². The van der Waals surface area contributed by atoms with Crippen LogP contribution in [0.3, 0.4) is 0 Å². The lowest BCUT2D eigenvalue weighted by Crippen LogP contribution is -2.41. The van der Waals surface area contributed by atoms with Crippen molar-refractivity contribution in [3.63, 3.8) is 0 Å². The fourth-order valence-electron chi connectivity index (χ4n) is 1.79. The third-order valence-corrected chi connectivity index (χ3v) is 2.66. The number of aryl methyl sites for hydroxylation is 1. The van der Waals surface area contributed by atoms with Crippen LogP contribution in [0.2, 0.25) is 0 Å². The predicted octanol–water partition coefficient (Wildman–Crippen LogP) is 2.41. The minimum atomic E-state index is -0.941. The smallest absolute Gasteiger partial charge is 0.335 e. The highest BCUT2D eigenvalue weighted by Gasteiger charge is 2.13. The number of carboxylic acid groups (broad SMARTS) is 1. The minimum absolute atomic E-state index is 0.00944. The zero-order valence-corrected chi connectivity index (χ0v) is 12.4. The van der Waals surface area contributed by atoms with Crippen LogP contribution in [0.4, 0.5) is 5.69 Å².